The first kappa shape index (κ1) is 29.6. The van der Waals surface area contributed by atoms with Crippen LogP contribution in [0.4, 0.5) is 0 Å². The van der Waals surface area contributed by atoms with Crippen LogP contribution in [0.1, 0.15) is 34.8 Å². The van der Waals surface area contributed by atoms with Crippen molar-refractivity contribution in [2.45, 2.75) is 37.1 Å². The summed E-state index contributed by atoms with van der Waals surface area (Å²) in [6.45, 7) is -0.233. The molecule has 0 aliphatic carbocycles. The highest BCUT2D eigenvalue weighted by Crippen LogP contribution is 2.43. The van der Waals surface area contributed by atoms with E-state index in [4.69, 9.17) is 25.1 Å². The third kappa shape index (κ3) is 7.22. The molecule has 0 spiro atoms. The average Bonchev–Trinajstić information content (AvgIpc) is 3.39. The Bertz CT molecular complexity index is 1380. The van der Waals surface area contributed by atoms with Gasteiger partial charge in [-0.3, -0.25) is 4.79 Å². The molecule has 11 nitrogen and oxygen atoms in total. The van der Waals surface area contributed by atoms with Crippen LogP contribution in [0, 0.1) is 0 Å². The maximum absolute atomic E-state index is 14.1. The zero-order valence-corrected chi connectivity index (χ0v) is 22.5. The number of benzene rings is 3. The Labute approximate surface area is 237 Å². The first-order valence-electron chi connectivity index (χ1n) is 13.3. The fraction of sp³-hybridized carbons (Fsp3) is 0.333. The number of aliphatic imine (C=N–C) groups is 1. The number of aliphatic hydroxyl groups excluding tert-OH is 3. The molecule has 0 saturated carbocycles. The second kappa shape index (κ2) is 14.3. The van der Waals surface area contributed by atoms with E-state index in [2.05, 4.69) is 15.3 Å². The zero-order valence-electron chi connectivity index (χ0n) is 22.5. The molecule has 214 valence electrons. The summed E-state index contributed by atoms with van der Waals surface area (Å²) < 4.78 is 12.1. The third-order valence-electron chi connectivity index (χ3n) is 6.70. The van der Waals surface area contributed by atoms with Crippen LogP contribution < -0.4 is 10.1 Å². The van der Waals surface area contributed by atoms with Crippen molar-refractivity contribution in [3.63, 3.8) is 0 Å². The molecule has 41 heavy (non-hydrogen) atoms. The molecular weight excluding hydrogens is 526 g/mol. The Kier molecular flexibility index (Phi) is 10.3. The molecule has 1 aliphatic rings. The van der Waals surface area contributed by atoms with Crippen LogP contribution in [-0.2, 0) is 22.5 Å². The average molecular weight is 560 g/mol. The minimum atomic E-state index is -1.51. The molecule has 0 bridgehead atoms. The predicted molar refractivity (Wildman–Crippen MR) is 152 cm³/mol. The van der Waals surface area contributed by atoms with E-state index in [1.807, 2.05) is 54.6 Å². The van der Waals surface area contributed by atoms with E-state index in [-0.39, 0.29) is 32.0 Å². The molecule has 3 aromatic rings. The van der Waals surface area contributed by atoms with Gasteiger partial charge in [0.15, 0.2) is 11.6 Å². The SMILES string of the molecule is [N-]=[N+]=NCc1ccccc1[C@H]1OC(c2ccc(OCCCO)cc2)=N[C@@]1(Cc1ccccc1)C(=O)NCC(O)CO. The zero-order chi connectivity index (χ0) is 29.1. The first-order valence-corrected chi connectivity index (χ1v) is 13.3. The maximum Gasteiger partial charge on any atom is 0.252 e. The van der Waals surface area contributed by atoms with Crippen LogP contribution >= 0.6 is 0 Å². The van der Waals surface area contributed by atoms with Crippen molar-refractivity contribution in [3.8, 4) is 5.75 Å². The van der Waals surface area contributed by atoms with Crippen molar-refractivity contribution in [2.24, 2.45) is 10.1 Å². The van der Waals surface area contributed by atoms with Gasteiger partial charge in [0.05, 0.1) is 25.9 Å². The number of hydrogen-bond donors (Lipinski definition) is 4. The summed E-state index contributed by atoms with van der Waals surface area (Å²) in [6.07, 6.45) is -1.38. The lowest BCUT2D eigenvalue weighted by Gasteiger charge is -2.32. The van der Waals surface area contributed by atoms with E-state index in [1.165, 1.54) is 0 Å². The van der Waals surface area contributed by atoms with E-state index in [1.54, 1.807) is 24.3 Å². The molecule has 11 heteroatoms. The first-order chi connectivity index (χ1) is 20.0. The second-order valence-electron chi connectivity index (χ2n) is 9.59. The van der Waals surface area contributed by atoms with Crippen LogP contribution in [0.5, 0.6) is 5.75 Å². The van der Waals surface area contributed by atoms with Gasteiger partial charge in [-0.2, -0.15) is 0 Å². The topological polar surface area (TPSA) is 169 Å². The van der Waals surface area contributed by atoms with E-state index >= 15 is 0 Å². The monoisotopic (exact) mass is 559 g/mol. The number of aliphatic hydroxyl groups is 3. The van der Waals surface area contributed by atoms with Gasteiger partial charge in [0.1, 0.15) is 5.75 Å². The lowest BCUT2D eigenvalue weighted by molar-refractivity contribution is -0.129. The lowest BCUT2D eigenvalue weighted by Crippen LogP contribution is -2.51. The molecule has 1 aliphatic heterocycles. The normalized spacial score (nSPS) is 18.5. The van der Waals surface area contributed by atoms with E-state index in [0.29, 0.717) is 35.5 Å². The number of nitrogens with zero attached hydrogens (tertiary/aromatic N) is 4. The second-order valence-corrected chi connectivity index (χ2v) is 9.59. The Balaban J connectivity index is 1.81. The highest BCUT2D eigenvalue weighted by Gasteiger charge is 2.53. The molecule has 4 rings (SSSR count). The maximum atomic E-state index is 14.1. The van der Waals surface area contributed by atoms with Gasteiger partial charge >= 0.3 is 0 Å². The number of rotatable bonds is 14. The van der Waals surface area contributed by atoms with Crippen LogP contribution in [0.3, 0.4) is 0 Å². The summed E-state index contributed by atoms with van der Waals surface area (Å²) in [5.41, 5.74) is 10.2. The summed E-state index contributed by atoms with van der Waals surface area (Å²) in [7, 11) is 0. The van der Waals surface area contributed by atoms with E-state index in [9.17, 15) is 15.0 Å². The number of carbonyl (C=O) groups is 1. The number of ether oxygens (including phenoxy) is 2. The molecule has 3 atom stereocenters. The number of amides is 1. The Morgan fingerprint density at radius 1 is 1.10 bits per heavy atom. The van der Waals surface area contributed by atoms with Crippen molar-refractivity contribution in [1.82, 2.24) is 5.32 Å². The standard InChI is InChI=1S/C30H33N5O6/c31-35-33-18-23-9-4-5-10-26(23)27-30(17-21-7-2-1-3-8-21,29(39)32-19-24(38)20-37)34-28(41-27)22-11-13-25(14-12-22)40-16-6-15-36/h1-5,7-14,24,27,36-38H,6,15-20H2,(H,32,39)/t24?,27-,30-/m1/s1. The van der Waals surface area contributed by atoms with Crippen molar-refractivity contribution in [3.05, 3.63) is 112 Å². The molecule has 4 N–H and O–H groups in total. The predicted octanol–water partition coefficient (Wildman–Crippen LogP) is 3.23. The van der Waals surface area contributed by atoms with Crippen LogP contribution in [0.25, 0.3) is 10.4 Å². The molecule has 0 saturated heterocycles. The fourth-order valence-electron chi connectivity index (χ4n) is 4.64. The largest absolute Gasteiger partial charge is 0.494 e. The summed E-state index contributed by atoms with van der Waals surface area (Å²) >= 11 is 0. The minimum absolute atomic E-state index is 0.0339. The van der Waals surface area contributed by atoms with Crippen LogP contribution in [-0.4, -0.2) is 65.1 Å². The number of hydrogen-bond acceptors (Lipinski definition) is 8. The number of azide groups is 1. The van der Waals surface area contributed by atoms with Gasteiger partial charge in [-0.25, -0.2) is 4.99 Å². The molecule has 3 aromatic carbocycles. The number of carbonyl (C=O) groups excluding carboxylic acids is 1. The number of nitrogens with one attached hydrogen (secondary N) is 1. The summed E-state index contributed by atoms with van der Waals surface area (Å²) in [4.78, 5) is 21.9. The van der Waals surface area contributed by atoms with E-state index < -0.39 is 30.3 Å². The van der Waals surface area contributed by atoms with E-state index in [0.717, 1.165) is 5.56 Å². The van der Waals surface area contributed by atoms with Gasteiger partial charge in [0, 0.05) is 36.5 Å². The van der Waals surface area contributed by atoms with Crippen molar-refractivity contribution < 1.29 is 29.6 Å². The van der Waals surface area contributed by atoms with Gasteiger partial charge in [0.2, 0.25) is 5.90 Å². The quantitative estimate of drug-likeness (QED) is 0.102. The molecule has 1 unspecified atom stereocenters. The van der Waals surface area contributed by atoms with Crippen molar-refractivity contribution in [1.29, 1.82) is 0 Å². The van der Waals surface area contributed by atoms with Gasteiger partial charge in [-0.05, 0) is 46.5 Å². The van der Waals surface area contributed by atoms with Crippen molar-refractivity contribution >= 4 is 11.8 Å². The lowest BCUT2D eigenvalue weighted by atomic mass is 9.80. The van der Waals surface area contributed by atoms with Crippen LogP contribution in [0.2, 0.25) is 0 Å². The van der Waals surface area contributed by atoms with Crippen molar-refractivity contribution in [2.75, 3.05) is 26.4 Å². The molecule has 0 aromatic heterocycles. The van der Waals surface area contributed by atoms with Gasteiger partial charge < -0.3 is 30.1 Å². The minimum Gasteiger partial charge on any atom is -0.494 e. The van der Waals surface area contributed by atoms with Gasteiger partial charge in [-0.15, -0.1) is 0 Å². The fourth-order valence-corrected chi connectivity index (χ4v) is 4.64. The van der Waals surface area contributed by atoms with Crippen LogP contribution in [0.15, 0.2) is 89.0 Å². The third-order valence-corrected chi connectivity index (χ3v) is 6.70. The summed E-state index contributed by atoms with van der Waals surface area (Å²) in [5, 5.41) is 34.8. The Morgan fingerprint density at radius 3 is 2.54 bits per heavy atom. The Hall–Kier alpha value is -4.41. The Morgan fingerprint density at radius 2 is 1.83 bits per heavy atom. The summed E-state index contributed by atoms with van der Waals surface area (Å²) in [6, 6.07) is 23.8. The molecular formula is C30H33N5O6. The molecule has 0 fully saturated rings. The van der Waals surface area contributed by atoms with Gasteiger partial charge in [0.25, 0.3) is 5.91 Å². The highest BCUT2D eigenvalue weighted by molar-refractivity contribution is 6.01. The smallest absolute Gasteiger partial charge is 0.252 e. The molecule has 0 radical (unpaired) electrons. The highest BCUT2D eigenvalue weighted by atomic mass is 16.5. The van der Waals surface area contributed by atoms with Gasteiger partial charge in [-0.1, -0.05) is 59.7 Å². The molecule has 1 amide bonds. The molecule has 1 heterocycles. The summed E-state index contributed by atoms with van der Waals surface area (Å²) in [5.74, 6) is 0.365.